The van der Waals surface area contributed by atoms with Crippen molar-refractivity contribution in [2.24, 2.45) is 17.8 Å². The van der Waals surface area contributed by atoms with Crippen molar-refractivity contribution in [3.8, 4) is 5.75 Å². The quantitative estimate of drug-likeness (QED) is 0.0860. The van der Waals surface area contributed by atoms with Crippen molar-refractivity contribution in [3.63, 3.8) is 0 Å². The second-order valence-electron chi connectivity index (χ2n) is 10.6. The van der Waals surface area contributed by atoms with E-state index in [4.69, 9.17) is 16.3 Å². The lowest BCUT2D eigenvalue weighted by molar-refractivity contribution is -0.384. The lowest BCUT2D eigenvalue weighted by Crippen LogP contribution is -2.52. The molecule has 12 heteroatoms. The largest absolute Gasteiger partial charge is 0.423 e. The first-order valence-electron chi connectivity index (χ1n) is 13.6. The molecule has 1 aliphatic heterocycles. The number of fused-ring (bicyclic) bond motifs is 1. The number of halogens is 1. The molecule has 0 spiro atoms. The fraction of sp³-hybridized carbons (Fsp3) is 0.258. The molecule has 2 fully saturated rings. The molecule has 1 saturated heterocycles. The van der Waals surface area contributed by atoms with Gasteiger partial charge in [-0.25, -0.2) is 9.80 Å². The lowest BCUT2D eigenvalue weighted by atomic mass is 9.76. The third-order valence-electron chi connectivity index (χ3n) is 7.73. The molecular formula is C31H26ClN3O8. The van der Waals surface area contributed by atoms with Gasteiger partial charge < -0.3 is 4.74 Å². The Kier molecular flexibility index (Phi) is 8.36. The summed E-state index contributed by atoms with van der Waals surface area (Å²) in [6, 6.07) is 16.3. The number of amides is 3. The summed E-state index contributed by atoms with van der Waals surface area (Å²) in [4.78, 5) is 76.6. The SMILES string of the molecule is C[C@@H]1CC[C@@H]2C(=O)N(N(CC(=O)c3ccc(OC(=O)c4ccc([N+](=O)[O-])cc4)cc3)C(=O)c3ccc(Cl)cc3)C(=O)[C@@H]2C1. The van der Waals surface area contributed by atoms with Crippen LogP contribution in [0.1, 0.15) is 57.3 Å². The van der Waals surface area contributed by atoms with E-state index in [2.05, 4.69) is 0 Å². The van der Waals surface area contributed by atoms with Crippen molar-refractivity contribution in [1.82, 2.24) is 10.0 Å². The predicted octanol–water partition coefficient (Wildman–Crippen LogP) is 5.13. The van der Waals surface area contributed by atoms with E-state index < -0.39 is 52.8 Å². The molecule has 1 saturated carbocycles. The van der Waals surface area contributed by atoms with Gasteiger partial charge in [0, 0.05) is 28.3 Å². The lowest BCUT2D eigenvalue weighted by Gasteiger charge is -2.30. The number of hydrazine groups is 1. The number of ketones is 1. The summed E-state index contributed by atoms with van der Waals surface area (Å²) in [5.41, 5.74) is 0.217. The van der Waals surface area contributed by atoms with Crippen LogP contribution in [0.3, 0.4) is 0 Å². The third kappa shape index (κ3) is 6.17. The van der Waals surface area contributed by atoms with Crippen molar-refractivity contribution >= 4 is 46.8 Å². The average molecular weight is 604 g/mol. The van der Waals surface area contributed by atoms with Crippen LogP contribution in [0.15, 0.2) is 72.8 Å². The molecule has 2 aliphatic rings. The molecule has 1 aliphatic carbocycles. The number of ether oxygens (including phenoxy) is 1. The van der Waals surface area contributed by atoms with Crippen molar-refractivity contribution in [1.29, 1.82) is 0 Å². The third-order valence-corrected chi connectivity index (χ3v) is 7.98. The van der Waals surface area contributed by atoms with Crippen LogP contribution in [0, 0.1) is 27.9 Å². The van der Waals surface area contributed by atoms with E-state index in [0.717, 1.165) is 16.4 Å². The monoisotopic (exact) mass is 603 g/mol. The molecule has 0 radical (unpaired) electrons. The highest BCUT2D eigenvalue weighted by Crippen LogP contribution is 2.41. The summed E-state index contributed by atoms with van der Waals surface area (Å²) in [6.07, 6.45) is 1.85. The first kappa shape index (κ1) is 29.6. The maximum absolute atomic E-state index is 13.6. The van der Waals surface area contributed by atoms with E-state index in [1.165, 1.54) is 72.8 Å². The second-order valence-corrected chi connectivity index (χ2v) is 11.1. The summed E-state index contributed by atoms with van der Waals surface area (Å²) in [5.74, 6) is -3.72. The summed E-state index contributed by atoms with van der Waals surface area (Å²) >= 11 is 5.97. The van der Waals surface area contributed by atoms with Crippen LogP contribution >= 0.6 is 11.6 Å². The molecule has 43 heavy (non-hydrogen) atoms. The first-order chi connectivity index (χ1) is 20.5. The van der Waals surface area contributed by atoms with Gasteiger partial charge in [-0.3, -0.25) is 29.3 Å². The van der Waals surface area contributed by atoms with E-state index in [9.17, 15) is 34.1 Å². The Balaban J connectivity index is 1.35. The highest BCUT2D eigenvalue weighted by atomic mass is 35.5. The van der Waals surface area contributed by atoms with Gasteiger partial charge in [0.05, 0.1) is 22.3 Å². The van der Waals surface area contributed by atoms with Crippen molar-refractivity contribution < 1.29 is 33.6 Å². The zero-order valence-corrected chi connectivity index (χ0v) is 23.7. The van der Waals surface area contributed by atoms with Gasteiger partial charge in [-0.15, -0.1) is 0 Å². The van der Waals surface area contributed by atoms with Crippen LogP contribution in [0.25, 0.3) is 0 Å². The highest BCUT2D eigenvalue weighted by Gasteiger charge is 2.52. The number of nitro groups is 1. The molecule has 3 aromatic carbocycles. The number of carbonyl (C=O) groups excluding carboxylic acids is 5. The van der Waals surface area contributed by atoms with E-state index in [1.54, 1.807) is 0 Å². The van der Waals surface area contributed by atoms with Crippen molar-refractivity contribution in [2.75, 3.05) is 6.54 Å². The zero-order chi connectivity index (χ0) is 30.8. The van der Waals surface area contributed by atoms with E-state index >= 15 is 0 Å². The molecule has 3 atom stereocenters. The molecule has 220 valence electrons. The number of non-ortho nitro benzene ring substituents is 1. The normalized spacial score (nSPS) is 19.5. The number of nitrogens with zero attached hydrogens (tertiary/aromatic N) is 3. The van der Waals surface area contributed by atoms with Gasteiger partial charge >= 0.3 is 5.97 Å². The number of esters is 1. The molecule has 3 aromatic rings. The zero-order valence-electron chi connectivity index (χ0n) is 23.0. The van der Waals surface area contributed by atoms with Gasteiger partial charge in [-0.05, 0) is 85.8 Å². The Hall–Kier alpha value is -4.90. The number of carbonyl (C=O) groups is 5. The Bertz CT molecular complexity index is 1610. The van der Waals surface area contributed by atoms with Gasteiger partial charge in [-0.2, -0.15) is 5.01 Å². The molecule has 3 amide bonds. The summed E-state index contributed by atoms with van der Waals surface area (Å²) in [6.45, 7) is 1.43. The first-order valence-corrected chi connectivity index (χ1v) is 14.0. The van der Waals surface area contributed by atoms with Gasteiger partial charge in [0.1, 0.15) is 12.3 Å². The van der Waals surface area contributed by atoms with E-state index in [0.29, 0.717) is 17.9 Å². The molecule has 5 rings (SSSR count). The highest BCUT2D eigenvalue weighted by molar-refractivity contribution is 6.30. The maximum atomic E-state index is 13.6. The Morgan fingerprint density at radius 1 is 0.884 bits per heavy atom. The molecule has 0 bridgehead atoms. The maximum Gasteiger partial charge on any atom is 0.343 e. The Morgan fingerprint density at radius 3 is 2.09 bits per heavy atom. The number of imide groups is 1. The van der Waals surface area contributed by atoms with Gasteiger partial charge in [0.2, 0.25) is 0 Å². The molecular weight excluding hydrogens is 578 g/mol. The van der Waals surface area contributed by atoms with Gasteiger partial charge in [-0.1, -0.05) is 18.5 Å². The second kappa shape index (κ2) is 12.1. The fourth-order valence-corrected chi connectivity index (χ4v) is 5.53. The van der Waals surface area contributed by atoms with E-state index in [1.807, 2.05) is 6.92 Å². The van der Waals surface area contributed by atoms with Crippen LogP contribution in [-0.4, -0.2) is 51.0 Å². The van der Waals surface area contributed by atoms with Crippen LogP contribution in [0.2, 0.25) is 5.02 Å². The fourth-order valence-electron chi connectivity index (χ4n) is 5.41. The minimum atomic E-state index is -0.754. The number of benzene rings is 3. The Morgan fingerprint density at radius 2 is 1.47 bits per heavy atom. The Labute approximate surface area is 251 Å². The minimum absolute atomic E-state index is 0.0945. The van der Waals surface area contributed by atoms with Crippen LogP contribution in [0.5, 0.6) is 5.75 Å². The summed E-state index contributed by atoms with van der Waals surface area (Å²) in [5, 5.41) is 13.0. The molecule has 0 unspecified atom stereocenters. The molecule has 0 N–H and O–H groups in total. The van der Waals surface area contributed by atoms with Gasteiger partial charge in [0.15, 0.2) is 5.78 Å². The minimum Gasteiger partial charge on any atom is -0.423 e. The van der Waals surface area contributed by atoms with Crippen molar-refractivity contribution in [3.05, 3.63) is 105 Å². The smallest absolute Gasteiger partial charge is 0.343 e. The predicted molar refractivity (Wildman–Crippen MR) is 153 cm³/mol. The number of nitro benzene ring substituents is 1. The topological polar surface area (TPSA) is 144 Å². The molecule has 1 heterocycles. The van der Waals surface area contributed by atoms with Crippen molar-refractivity contribution in [2.45, 2.75) is 26.2 Å². The van der Waals surface area contributed by atoms with Gasteiger partial charge in [0.25, 0.3) is 23.4 Å². The number of Topliss-reactive ketones (excluding diaryl/α,β-unsaturated/α-hetero) is 1. The summed E-state index contributed by atoms with van der Waals surface area (Å²) < 4.78 is 5.30. The average Bonchev–Trinajstić information content (AvgIpc) is 3.24. The molecule has 0 aromatic heterocycles. The number of hydrogen-bond donors (Lipinski definition) is 0. The summed E-state index contributed by atoms with van der Waals surface area (Å²) in [7, 11) is 0. The number of hydrogen-bond acceptors (Lipinski definition) is 8. The number of rotatable bonds is 8. The standard InChI is InChI=1S/C31H26ClN3O8/c1-18-2-15-25-26(16-18)30(39)34(29(25)38)33(28(37)20-3-9-22(32)10-4-20)17-27(36)19-7-13-24(14-8-19)43-31(40)21-5-11-23(12-6-21)35(41)42/h3-14,18,25-26H,2,15-17H2,1H3/t18-,25+,26-/m1/s1. The molecule has 11 nitrogen and oxygen atoms in total. The van der Waals surface area contributed by atoms with Crippen LogP contribution in [-0.2, 0) is 9.59 Å². The van der Waals surface area contributed by atoms with Crippen LogP contribution in [0.4, 0.5) is 5.69 Å². The van der Waals surface area contributed by atoms with E-state index in [-0.39, 0.29) is 34.0 Å². The van der Waals surface area contributed by atoms with Crippen LogP contribution < -0.4 is 4.74 Å².